The Labute approximate surface area is 77.8 Å². The number of aliphatic hydroxyl groups excluding tert-OH is 1. The molecule has 2 heterocycles. The van der Waals surface area contributed by atoms with Crippen molar-refractivity contribution in [1.29, 1.82) is 0 Å². The van der Waals surface area contributed by atoms with Crippen molar-refractivity contribution in [3.63, 3.8) is 0 Å². The molecule has 13 heavy (non-hydrogen) atoms. The van der Waals surface area contributed by atoms with Gasteiger partial charge in [0.2, 0.25) is 0 Å². The lowest BCUT2D eigenvalue weighted by atomic mass is 10.3. The van der Waals surface area contributed by atoms with E-state index in [4.69, 9.17) is 0 Å². The van der Waals surface area contributed by atoms with Crippen LogP contribution in [0.2, 0.25) is 0 Å². The van der Waals surface area contributed by atoms with Crippen LogP contribution in [-0.2, 0) is 0 Å². The van der Waals surface area contributed by atoms with Crippen molar-refractivity contribution in [3.05, 3.63) is 0 Å². The van der Waals surface area contributed by atoms with E-state index in [0.717, 1.165) is 32.1 Å². The van der Waals surface area contributed by atoms with Gasteiger partial charge in [0.05, 0.1) is 12.6 Å². The van der Waals surface area contributed by atoms with Crippen molar-refractivity contribution in [2.45, 2.75) is 6.10 Å². The lowest BCUT2D eigenvalue weighted by Crippen LogP contribution is -2.43. The van der Waals surface area contributed by atoms with Crippen LogP contribution in [0.15, 0.2) is 4.99 Å². The number of hydrogen-bond donors (Lipinski definition) is 3. The van der Waals surface area contributed by atoms with Gasteiger partial charge < -0.3 is 20.6 Å². The third kappa shape index (κ3) is 2.10. The van der Waals surface area contributed by atoms with Crippen molar-refractivity contribution >= 4 is 5.96 Å². The van der Waals surface area contributed by atoms with Crippen LogP contribution in [0.4, 0.5) is 0 Å². The van der Waals surface area contributed by atoms with Crippen LogP contribution in [0, 0.1) is 0 Å². The second-order valence-electron chi connectivity index (χ2n) is 3.44. The Balaban J connectivity index is 1.96. The summed E-state index contributed by atoms with van der Waals surface area (Å²) in [5.74, 6) is 0.947. The van der Waals surface area contributed by atoms with Crippen LogP contribution in [-0.4, -0.2) is 61.3 Å². The third-order valence-corrected chi connectivity index (χ3v) is 2.33. The molecule has 2 aliphatic rings. The van der Waals surface area contributed by atoms with Crippen LogP contribution < -0.4 is 10.6 Å². The molecule has 0 spiro atoms. The summed E-state index contributed by atoms with van der Waals surface area (Å²) in [6.45, 7) is 4.98. The maximum absolute atomic E-state index is 9.53. The summed E-state index contributed by atoms with van der Waals surface area (Å²) in [6.07, 6.45) is -0.285. The predicted octanol–water partition coefficient (Wildman–Crippen LogP) is -1.79. The lowest BCUT2D eigenvalue weighted by Gasteiger charge is -2.23. The molecule has 0 aromatic carbocycles. The fraction of sp³-hybridized carbons (Fsp3) is 0.875. The van der Waals surface area contributed by atoms with E-state index in [1.807, 2.05) is 0 Å². The van der Waals surface area contributed by atoms with E-state index >= 15 is 0 Å². The SMILES string of the molecule is OC1CNCCN(C2=NCCN2)C1. The van der Waals surface area contributed by atoms with Gasteiger partial charge in [-0.1, -0.05) is 0 Å². The smallest absolute Gasteiger partial charge is 0.194 e. The molecule has 0 saturated carbocycles. The average molecular weight is 184 g/mol. The fourth-order valence-corrected chi connectivity index (χ4v) is 1.68. The Morgan fingerprint density at radius 2 is 2.38 bits per heavy atom. The molecule has 0 radical (unpaired) electrons. The number of aliphatic hydroxyl groups is 1. The summed E-state index contributed by atoms with van der Waals surface area (Å²) in [4.78, 5) is 6.44. The van der Waals surface area contributed by atoms with Crippen molar-refractivity contribution in [1.82, 2.24) is 15.5 Å². The highest BCUT2D eigenvalue weighted by Crippen LogP contribution is 1.99. The van der Waals surface area contributed by atoms with E-state index in [-0.39, 0.29) is 6.10 Å². The molecule has 5 heteroatoms. The molecule has 2 rings (SSSR count). The van der Waals surface area contributed by atoms with E-state index in [0.29, 0.717) is 13.1 Å². The first-order chi connectivity index (χ1) is 6.36. The summed E-state index contributed by atoms with van der Waals surface area (Å²) in [5, 5.41) is 15.9. The largest absolute Gasteiger partial charge is 0.390 e. The van der Waals surface area contributed by atoms with Crippen molar-refractivity contribution in [3.8, 4) is 0 Å². The minimum Gasteiger partial charge on any atom is -0.390 e. The average Bonchev–Trinajstić information content (AvgIpc) is 2.56. The molecule has 5 nitrogen and oxygen atoms in total. The molecule has 0 bridgehead atoms. The molecular weight excluding hydrogens is 168 g/mol. The summed E-state index contributed by atoms with van der Waals surface area (Å²) in [7, 11) is 0. The van der Waals surface area contributed by atoms with Crippen LogP contribution in [0.5, 0.6) is 0 Å². The van der Waals surface area contributed by atoms with Crippen molar-refractivity contribution < 1.29 is 5.11 Å². The summed E-state index contributed by atoms with van der Waals surface area (Å²) >= 11 is 0. The Bertz CT molecular complexity index is 206. The highest BCUT2D eigenvalue weighted by Gasteiger charge is 2.19. The normalized spacial score (nSPS) is 29.5. The quantitative estimate of drug-likeness (QED) is 0.416. The minimum absolute atomic E-state index is 0.285. The first kappa shape index (κ1) is 8.77. The van der Waals surface area contributed by atoms with Gasteiger partial charge in [-0.25, -0.2) is 0 Å². The number of nitrogens with one attached hydrogen (secondary N) is 2. The van der Waals surface area contributed by atoms with E-state index in [1.165, 1.54) is 0 Å². The van der Waals surface area contributed by atoms with E-state index in [9.17, 15) is 5.11 Å². The van der Waals surface area contributed by atoms with Crippen LogP contribution in [0.25, 0.3) is 0 Å². The van der Waals surface area contributed by atoms with Crippen LogP contribution >= 0.6 is 0 Å². The molecule has 1 saturated heterocycles. The maximum Gasteiger partial charge on any atom is 0.194 e. The third-order valence-electron chi connectivity index (χ3n) is 2.33. The van der Waals surface area contributed by atoms with Gasteiger partial charge in [-0.3, -0.25) is 4.99 Å². The lowest BCUT2D eigenvalue weighted by molar-refractivity contribution is 0.155. The van der Waals surface area contributed by atoms with Crippen molar-refractivity contribution in [2.24, 2.45) is 4.99 Å². The number of aliphatic imine (C=N–C) groups is 1. The van der Waals surface area contributed by atoms with Crippen LogP contribution in [0.1, 0.15) is 0 Å². The Kier molecular flexibility index (Phi) is 2.65. The molecule has 74 valence electrons. The van der Waals surface area contributed by atoms with Gasteiger partial charge >= 0.3 is 0 Å². The standard InChI is InChI=1S/C8H16N4O/c13-7-5-9-3-4-12(6-7)8-10-1-2-11-8/h7,9,13H,1-6H2,(H,10,11). The Morgan fingerprint density at radius 3 is 3.15 bits per heavy atom. The summed E-state index contributed by atoms with van der Waals surface area (Å²) in [5.41, 5.74) is 0. The molecule has 0 aromatic heterocycles. The van der Waals surface area contributed by atoms with Gasteiger partial charge in [-0.2, -0.15) is 0 Å². The molecule has 1 atom stereocenters. The second kappa shape index (κ2) is 3.93. The number of nitrogens with zero attached hydrogens (tertiary/aromatic N) is 2. The molecule has 0 aliphatic carbocycles. The van der Waals surface area contributed by atoms with Gasteiger partial charge in [-0.15, -0.1) is 0 Å². The van der Waals surface area contributed by atoms with Gasteiger partial charge in [0.15, 0.2) is 5.96 Å². The fourth-order valence-electron chi connectivity index (χ4n) is 1.68. The van der Waals surface area contributed by atoms with Gasteiger partial charge in [0.1, 0.15) is 0 Å². The van der Waals surface area contributed by atoms with Gasteiger partial charge in [0.25, 0.3) is 0 Å². The number of β-amino-alcohol motifs (C(OH)–C–C–N with tert-alkyl or cyclic N) is 1. The van der Waals surface area contributed by atoms with E-state index < -0.39 is 0 Å². The zero-order valence-electron chi connectivity index (χ0n) is 7.66. The highest BCUT2D eigenvalue weighted by molar-refractivity contribution is 5.81. The van der Waals surface area contributed by atoms with E-state index in [2.05, 4.69) is 20.5 Å². The second-order valence-corrected chi connectivity index (χ2v) is 3.44. The molecule has 1 fully saturated rings. The highest BCUT2D eigenvalue weighted by atomic mass is 16.3. The van der Waals surface area contributed by atoms with E-state index in [1.54, 1.807) is 0 Å². The number of hydrogen-bond acceptors (Lipinski definition) is 5. The first-order valence-electron chi connectivity index (χ1n) is 4.78. The summed E-state index contributed by atoms with van der Waals surface area (Å²) in [6, 6.07) is 0. The monoisotopic (exact) mass is 184 g/mol. The Morgan fingerprint density at radius 1 is 1.46 bits per heavy atom. The van der Waals surface area contributed by atoms with Crippen molar-refractivity contribution in [2.75, 3.05) is 39.3 Å². The molecule has 1 unspecified atom stereocenters. The van der Waals surface area contributed by atoms with Crippen LogP contribution in [0.3, 0.4) is 0 Å². The molecule has 2 aliphatic heterocycles. The van der Waals surface area contributed by atoms with Gasteiger partial charge in [0, 0.05) is 32.7 Å². The predicted molar refractivity (Wildman–Crippen MR) is 50.8 cm³/mol. The zero-order chi connectivity index (χ0) is 9.10. The Hall–Kier alpha value is -0.810. The number of rotatable bonds is 0. The maximum atomic E-state index is 9.53. The molecule has 3 N–H and O–H groups in total. The zero-order valence-corrected chi connectivity index (χ0v) is 7.66. The molecule has 0 amide bonds. The first-order valence-corrected chi connectivity index (χ1v) is 4.78. The molecular formula is C8H16N4O. The minimum atomic E-state index is -0.285. The topological polar surface area (TPSA) is 59.9 Å². The van der Waals surface area contributed by atoms with Gasteiger partial charge in [-0.05, 0) is 0 Å². The molecule has 0 aromatic rings. The number of guanidine groups is 1. The summed E-state index contributed by atoms with van der Waals surface area (Å²) < 4.78 is 0.